The van der Waals surface area contributed by atoms with Crippen molar-refractivity contribution in [1.29, 1.82) is 0 Å². The fourth-order valence-corrected chi connectivity index (χ4v) is 3.35. The number of nitrogens with one attached hydrogen (secondary N) is 3. The molecule has 0 aromatic carbocycles. The molecule has 0 saturated carbocycles. The van der Waals surface area contributed by atoms with Crippen LogP contribution in [0.1, 0.15) is 33.0 Å². The molecule has 8 heteroatoms. The van der Waals surface area contributed by atoms with Gasteiger partial charge in [0.25, 0.3) is 11.8 Å². The highest BCUT2D eigenvalue weighted by atomic mass is 32.1. The minimum absolute atomic E-state index is 0.0175. The SMILES string of the molecule is O=C(NNC(=O)C1CCN(C(=O)c2cccs2)CC1)c1ccc[nH]1. The number of nitrogens with zero attached hydrogens (tertiary/aromatic N) is 1. The van der Waals surface area contributed by atoms with Crippen molar-refractivity contribution in [1.82, 2.24) is 20.7 Å². The van der Waals surface area contributed by atoms with Crippen LogP contribution in [0.15, 0.2) is 35.8 Å². The number of hydrogen-bond acceptors (Lipinski definition) is 4. The summed E-state index contributed by atoms with van der Waals surface area (Å²) >= 11 is 1.42. The van der Waals surface area contributed by atoms with Crippen LogP contribution in [-0.4, -0.2) is 40.7 Å². The Morgan fingerprint density at radius 1 is 1.12 bits per heavy atom. The molecular weight excluding hydrogens is 328 g/mol. The number of carbonyl (C=O) groups excluding carboxylic acids is 3. The van der Waals surface area contributed by atoms with Crippen molar-refractivity contribution in [2.45, 2.75) is 12.8 Å². The van der Waals surface area contributed by atoms with Crippen LogP contribution < -0.4 is 10.9 Å². The van der Waals surface area contributed by atoms with E-state index in [9.17, 15) is 14.4 Å². The maximum Gasteiger partial charge on any atom is 0.286 e. The van der Waals surface area contributed by atoms with E-state index in [2.05, 4.69) is 15.8 Å². The molecule has 3 N–H and O–H groups in total. The van der Waals surface area contributed by atoms with E-state index in [0.29, 0.717) is 31.6 Å². The average Bonchev–Trinajstić information content (AvgIpc) is 3.32. The maximum absolute atomic E-state index is 12.3. The number of piperidine rings is 1. The van der Waals surface area contributed by atoms with Gasteiger partial charge in [0, 0.05) is 25.2 Å². The normalized spacial score (nSPS) is 15.1. The van der Waals surface area contributed by atoms with Crippen LogP contribution in [0.3, 0.4) is 0 Å². The lowest BCUT2D eigenvalue weighted by Gasteiger charge is -2.31. The Balaban J connectivity index is 1.45. The molecule has 3 rings (SSSR count). The predicted molar refractivity (Wildman–Crippen MR) is 89.3 cm³/mol. The fraction of sp³-hybridized carbons (Fsp3) is 0.312. The smallest absolute Gasteiger partial charge is 0.286 e. The zero-order valence-corrected chi connectivity index (χ0v) is 13.8. The summed E-state index contributed by atoms with van der Waals surface area (Å²) in [6.07, 6.45) is 2.81. The number of hydrogen-bond donors (Lipinski definition) is 3. The Labute approximate surface area is 143 Å². The molecule has 2 aromatic heterocycles. The number of H-pyrrole nitrogens is 1. The number of hydrazine groups is 1. The highest BCUT2D eigenvalue weighted by molar-refractivity contribution is 7.12. The molecule has 7 nitrogen and oxygen atoms in total. The lowest BCUT2D eigenvalue weighted by molar-refractivity contribution is -0.127. The lowest BCUT2D eigenvalue weighted by Crippen LogP contribution is -2.48. The van der Waals surface area contributed by atoms with Gasteiger partial charge in [-0.05, 0) is 36.4 Å². The number of thiophene rings is 1. The largest absolute Gasteiger partial charge is 0.357 e. The molecule has 126 valence electrons. The Hall–Kier alpha value is -2.61. The van der Waals surface area contributed by atoms with Gasteiger partial charge in [0.2, 0.25) is 5.91 Å². The van der Waals surface area contributed by atoms with E-state index in [4.69, 9.17) is 0 Å². The van der Waals surface area contributed by atoms with Gasteiger partial charge in [-0.15, -0.1) is 11.3 Å². The van der Waals surface area contributed by atoms with Crippen molar-refractivity contribution in [2.24, 2.45) is 5.92 Å². The second-order valence-corrected chi connectivity index (χ2v) is 6.52. The van der Waals surface area contributed by atoms with Crippen molar-refractivity contribution in [3.63, 3.8) is 0 Å². The monoisotopic (exact) mass is 346 g/mol. The molecular formula is C16H18N4O3S. The summed E-state index contributed by atoms with van der Waals surface area (Å²) < 4.78 is 0. The standard InChI is InChI=1S/C16H18N4O3S/c21-14(18-19-15(22)12-3-1-7-17-12)11-5-8-20(9-6-11)16(23)13-4-2-10-24-13/h1-4,7,10-11,17H,5-6,8-9H2,(H,18,21)(H,19,22). The highest BCUT2D eigenvalue weighted by Gasteiger charge is 2.28. The van der Waals surface area contributed by atoms with Gasteiger partial charge >= 0.3 is 0 Å². The highest BCUT2D eigenvalue weighted by Crippen LogP contribution is 2.20. The van der Waals surface area contributed by atoms with Crippen LogP contribution in [0.25, 0.3) is 0 Å². The van der Waals surface area contributed by atoms with Crippen molar-refractivity contribution < 1.29 is 14.4 Å². The van der Waals surface area contributed by atoms with E-state index in [-0.39, 0.29) is 17.7 Å². The first-order valence-electron chi connectivity index (χ1n) is 7.71. The molecule has 24 heavy (non-hydrogen) atoms. The van der Waals surface area contributed by atoms with E-state index >= 15 is 0 Å². The third-order valence-corrected chi connectivity index (χ3v) is 4.88. The summed E-state index contributed by atoms with van der Waals surface area (Å²) in [6.45, 7) is 1.08. The van der Waals surface area contributed by atoms with E-state index in [1.807, 2.05) is 17.5 Å². The number of aromatic nitrogens is 1. The maximum atomic E-state index is 12.3. The van der Waals surface area contributed by atoms with E-state index in [1.54, 1.807) is 23.2 Å². The summed E-state index contributed by atoms with van der Waals surface area (Å²) in [4.78, 5) is 41.4. The molecule has 0 atom stereocenters. The van der Waals surface area contributed by atoms with Crippen molar-refractivity contribution >= 4 is 29.1 Å². The van der Waals surface area contributed by atoms with Gasteiger partial charge in [-0.3, -0.25) is 25.2 Å². The number of amides is 3. The van der Waals surface area contributed by atoms with Gasteiger partial charge in [0.1, 0.15) is 5.69 Å². The predicted octanol–water partition coefficient (Wildman–Crippen LogP) is 1.39. The van der Waals surface area contributed by atoms with E-state index in [0.717, 1.165) is 4.88 Å². The number of rotatable bonds is 3. The molecule has 0 spiro atoms. The number of carbonyl (C=O) groups is 3. The summed E-state index contributed by atoms with van der Waals surface area (Å²) in [7, 11) is 0. The zero-order valence-electron chi connectivity index (χ0n) is 13.0. The van der Waals surface area contributed by atoms with Gasteiger partial charge in [-0.25, -0.2) is 0 Å². The van der Waals surface area contributed by atoms with Crippen LogP contribution >= 0.6 is 11.3 Å². The van der Waals surface area contributed by atoms with Crippen LogP contribution in [0.2, 0.25) is 0 Å². The number of likely N-dealkylation sites (tertiary alicyclic amines) is 1. The molecule has 3 amide bonds. The van der Waals surface area contributed by atoms with Gasteiger partial charge in [-0.1, -0.05) is 6.07 Å². The van der Waals surface area contributed by atoms with Crippen molar-refractivity contribution in [3.8, 4) is 0 Å². The van der Waals surface area contributed by atoms with Crippen LogP contribution in [-0.2, 0) is 4.79 Å². The van der Waals surface area contributed by atoms with Gasteiger partial charge < -0.3 is 9.88 Å². The zero-order chi connectivity index (χ0) is 16.9. The third-order valence-electron chi connectivity index (χ3n) is 4.03. The lowest BCUT2D eigenvalue weighted by atomic mass is 9.96. The Kier molecular flexibility index (Phi) is 4.95. The molecule has 2 aromatic rings. The van der Waals surface area contributed by atoms with Crippen LogP contribution in [0, 0.1) is 5.92 Å². The Morgan fingerprint density at radius 3 is 2.54 bits per heavy atom. The fourth-order valence-electron chi connectivity index (χ4n) is 2.66. The quantitative estimate of drug-likeness (QED) is 0.733. The molecule has 0 radical (unpaired) electrons. The molecule has 1 saturated heterocycles. The minimum atomic E-state index is -0.390. The summed E-state index contributed by atoms with van der Waals surface area (Å²) in [6, 6.07) is 6.99. The molecule has 0 aliphatic carbocycles. The summed E-state index contributed by atoms with van der Waals surface area (Å²) in [5.74, 6) is -0.804. The summed E-state index contributed by atoms with van der Waals surface area (Å²) in [5, 5.41) is 1.88. The first-order chi connectivity index (χ1) is 11.6. The minimum Gasteiger partial charge on any atom is -0.357 e. The average molecular weight is 346 g/mol. The number of aromatic amines is 1. The topological polar surface area (TPSA) is 94.3 Å². The van der Waals surface area contributed by atoms with Crippen LogP contribution in [0.5, 0.6) is 0 Å². The molecule has 1 fully saturated rings. The van der Waals surface area contributed by atoms with Gasteiger partial charge in [0.15, 0.2) is 0 Å². The molecule has 3 heterocycles. The molecule has 0 bridgehead atoms. The van der Waals surface area contributed by atoms with Crippen molar-refractivity contribution in [2.75, 3.05) is 13.1 Å². The Bertz CT molecular complexity index is 704. The molecule has 1 aliphatic heterocycles. The van der Waals surface area contributed by atoms with E-state index < -0.39 is 5.91 Å². The second-order valence-electron chi connectivity index (χ2n) is 5.57. The van der Waals surface area contributed by atoms with E-state index in [1.165, 1.54) is 11.3 Å². The van der Waals surface area contributed by atoms with Crippen molar-refractivity contribution in [3.05, 3.63) is 46.4 Å². The molecule has 1 aliphatic rings. The first-order valence-corrected chi connectivity index (χ1v) is 8.59. The second kappa shape index (κ2) is 7.31. The summed E-state index contributed by atoms with van der Waals surface area (Å²) in [5.41, 5.74) is 5.22. The third kappa shape index (κ3) is 3.65. The van der Waals surface area contributed by atoms with Crippen LogP contribution in [0.4, 0.5) is 0 Å². The van der Waals surface area contributed by atoms with Gasteiger partial charge in [-0.2, -0.15) is 0 Å². The molecule has 0 unspecified atom stereocenters. The first kappa shape index (κ1) is 16.3. The van der Waals surface area contributed by atoms with Gasteiger partial charge in [0.05, 0.1) is 4.88 Å². The Morgan fingerprint density at radius 2 is 1.92 bits per heavy atom.